The number of carbonyl (C=O) groups is 3. The van der Waals surface area contributed by atoms with Gasteiger partial charge >= 0.3 is 18.1 Å². The summed E-state index contributed by atoms with van der Waals surface area (Å²) in [6.07, 6.45) is 6.20. The monoisotopic (exact) mass is 308 g/mol. The van der Waals surface area contributed by atoms with Crippen molar-refractivity contribution in [1.29, 1.82) is 0 Å². The van der Waals surface area contributed by atoms with Crippen LogP contribution in [0.5, 0.6) is 0 Å². The molecule has 0 atom stereocenters. The lowest BCUT2D eigenvalue weighted by Gasteiger charge is -2.22. The van der Waals surface area contributed by atoms with Gasteiger partial charge < -0.3 is 4.74 Å². The minimum absolute atomic E-state index is 0.0375. The molecule has 2 rings (SSSR count). The summed E-state index contributed by atoms with van der Waals surface area (Å²) in [5.41, 5.74) is 0.515. The van der Waals surface area contributed by atoms with Gasteiger partial charge in [0.1, 0.15) is 0 Å². The predicted octanol–water partition coefficient (Wildman–Crippen LogP) is 3.23. The van der Waals surface area contributed by atoms with Gasteiger partial charge in [-0.1, -0.05) is 12.7 Å². The fraction of sp³-hybridized carbons (Fsp3) is 0.562. The van der Waals surface area contributed by atoms with Crippen LogP contribution < -0.4 is 0 Å². The van der Waals surface area contributed by atoms with E-state index in [2.05, 4.69) is 21.1 Å². The van der Waals surface area contributed by atoms with Crippen LogP contribution in [0.2, 0.25) is 0 Å². The van der Waals surface area contributed by atoms with Crippen molar-refractivity contribution in [2.75, 3.05) is 0 Å². The lowest BCUT2D eigenvalue weighted by molar-refractivity contribution is -0.238. The van der Waals surface area contributed by atoms with Gasteiger partial charge in [0, 0.05) is 11.1 Å². The third kappa shape index (κ3) is 3.75. The number of hydrogen-bond acceptors (Lipinski definition) is 6. The van der Waals surface area contributed by atoms with Crippen molar-refractivity contribution >= 4 is 18.1 Å². The molecular formula is C16H20O6. The van der Waals surface area contributed by atoms with Crippen molar-refractivity contribution in [1.82, 2.24) is 0 Å². The highest BCUT2D eigenvalue weighted by atomic mass is 17.2. The second-order valence-corrected chi connectivity index (χ2v) is 6.21. The molecule has 2 fully saturated rings. The lowest BCUT2D eigenvalue weighted by Crippen LogP contribution is -2.18. The summed E-state index contributed by atoms with van der Waals surface area (Å²) in [6.45, 7) is 6.31. The van der Waals surface area contributed by atoms with Gasteiger partial charge in [-0.15, -0.1) is 0 Å². The molecule has 2 aliphatic rings. The van der Waals surface area contributed by atoms with E-state index in [0.717, 1.165) is 25.2 Å². The molecular weight excluding hydrogens is 288 g/mol. The van der Waals surface area contributed by atoms with E-state index >= 15 is 0 Å². The maximum absolute atomic E-state index is 11.8. The number of ether oxygens (including phenoxy) is 1. The Kier molecular flexibility index (Phi) is 4.68. The minimum Gasteiger partial charge on any atom is -0.354 e. The molecule has 0 heterocycles. The summed E-state index contributed by atoms with van der Waals surface area (Å²) >= 11 is 0. The standard InChI is InChI=1S/C16H20O6/c1-10(2)13(17)20-15(19)22-21-14(18)11(3)8-16-6-4-12(9-16)5-7-16/h8,12H,1,4-7,9H2,2-3H3/b11-8+. The maximum atomic E-state index is 11.8. The van der Waals surface area contributed by atoms with Gasteiger partial charge in [-0.2, -0.15) is 4.79 Å². The number of rotatable bonds is 3. The fourth-order valence-electron chi connectivity index (χ4n) is 3.27. The average molecular weight is 308 g/mol. The SMILES string of the molecule is C=C(C)C(=O)OC(=O)OOC(=O)/C(C)=C/C12CCC(CC1)C2. The largest absolute Gasteiger partial charge is 0.558 e. The average Bonchev–Trinajstić information content (AvgIpc) is 3.04. The smallest absolute Gasteiger partial charge is 0.354 e. The Balaban J connectivity index is 1.83. The van der Waals surface area contributed by atoms with Crippen molar-refractivity contribution in [2.45, 2.75) is 46.0 Å². The normalized spacial score (nSPS) is 26.5. The van der Waals surface area contributed by atoms with Crippen LogP contribution in [0.25, 0.3) is 0 Å². The summed E-state index contributed by atoms with van der Waals surface area (Å²) < 4.78 is 4.23. The Morgan fingerprint density at radius 2 is 1.73 bits per heavy atom. The number of fused-ring (bicyclic) bond motifs is 2. The molecule has 0 aromatic carbocycles. The van der Waals surface area contributed by atoms with Crippen LogP contribution in [0.1, 0.15) is 46.0 Å². The van der Waals surface area contributed by atoms with Gasteiger partial charge in [-0.05, 0) is 57.3 Å². The highest BCUT2D eigenvalue weighted by Crippen LogP contribution is 2.55. The molecule has 0 spiro atoms. The number of carbonyl (C=O) groups excluding carboxylic acids is 3. The lowest BCUT2D eigenvalue weighted by atomic mass is 9.83. The highest BCUT2D eigenvalue weighted by Gasteiger charge is 2.43. The van der Waals surface area contributed by atoms with E-state index in [9.17, 15) is 14.4 Å². The third-order valence-electron chi connectivity index (χ3n) is 4.35. The first-order valence-corrected chi connectivity index (χ1v) is 7.31. The summed E-state index contributed by atoms with van der Waals surface area (Å²) in [5.74, 6) is -0.931. The zero-order valence-electron chi connectivity index (χ0n) is 12.8. The van der Waals surface area contributed by atoms with Crippen LogP contribution in [0.4, 0.5) is 4.79 Å². The molecule has 6 nitrogen and oxygen atoms in total. The van der Waals surface area contributed by atoms with Crippen LogP contribution in [0, 0.1) is 11.3 Å². The first-order valence-electron chi connectivity index (χ1n) is 7.31. The minimum atomic E-state index is -1.39. The summed E-state index contributed by atoms with van der Waals surface area (Å²) in [7, 11) is 0. The zero-order chi connectivity index (χ0) is 16.3. The molecule has 2 aliphatic carbocycles. The maximum Gasteiger partial charge on any atom is 0.558 e. The molecule has 0 N–H and O–H groups in total. The van der Waals surface area contributed by atoms with Crippen LogP contribution in [0.3, 0.4) is 0 Å². The number of esters is 1. The van der Waals surface area contributed by atoms with E-state index in [1.165, 1.54) is 19.8 Å². The van der Waals surface area contributed by atoms with Crippen molar-refractivity contribution < 1.29 is 28.9 Å². The topological polar surface area (TPSA) is 78.9 Å². The van der Waals surface area contributed by atoms with E-state index < -0.39 is 18.1 Å². The van der Waals surface area contributed by atoms with Crippen LogP contribution in [-0.2, 0) is 24.1 Å². The molecule has 0 saturated heterocycles. The van der Waals surface area contributed by atoms with Gasteiger partial charge in [0.25, 0.3) is 0 Å². The molecule has 0 aromatic heterocycles. The van der Waals surface area contributed by atoms with Gasteiger partial charge in [-0.3, -0.25) is 0 Å². The van der Waals surface area contributed by atoms with E-state index in [1.54, 1.807) is 6.92 Å². The van der Waals surface area contributed by atoms with Crippen molar-refractivity contribution in [3.8, 4) is 0 Å². The van der Waals surface area contributed by atoms with E-state index in [-0.39, 0.29) is 11.0 Å². The van der Waals surface area contributed by atoms with E-state index in [1.807, 2.05) is 6.08 Å². The van der Waals surface area contributed by atoms with Crippen molar-refractivity contribution in [2.24, 2.45) is 11.3 Å². The highest BCUT2D eigenvalue weighted by molar-refractivity contribution is 5.93. The quantitative estimate of drug-likeness (QED) is 0.262. The first kappa shape index (κ1) is 16.3. The van der Waals surface area contributed by atoms with Crippen molar-refractivity contribution in [3.63, 3.8) is 0 Å². The predicted molar refractivity (Wildman–Crippen MR) is 76.2 cm³/mol. The Labute approximate surface area is 129 Å². The van der Waals surface area contributed by atoms with Gasteiger partial charge in [0.05, 0.1) is 0 Å². The van der Waals surface area contributed by atoms with E-state index in [0.29, 0.717) is 5.57 Å². The molecule has 120 valence electrons. The molecule has 0 radical (unpaired) electrons. The van der Waals surface area contributed by atoms with Crippen LogP contribution >= 0.6 is 0 Å². The molecule has 6 heteroatoms. The van der Waals surface area contributed by atoms with Crippen molar-refractivity contribution in [3.05, 3.63) is 23.8 Å². The summed E-state index contributed by atoms with van der Waals surface area (Å²) in [5, 5.41) is 0. The second kappa shape index (κ2) is 6.34. The van der Waals surface area contributed by atoms with Crippen LogP contribution in [-0.4, -0.2) is 18.1 Å². The summed E-state index contributed by atoms with van der Waals surface area (Å²) in [6, 6.07) is 0. The Hall–Kier alpha value is -2.11. The van der Waals surface area contributed by atoms with Gasteiger partial charge in [0.15, 0.2) is 0 Å². The molecule has 0 aliphatic heterocycles. The Morgan fingerprint density at radius 1 is 1.09 bits per heavy atom. The second-order valence-electron chi connectivity index (χ2n) is 6.21. The number of hydrogen-bond donors (Lipinski definition) is 0. The Bertz CT molecular complexity index is 537. The molecule has 0 unspecified atom stereocenters. The number of allylic oxidation sites excluding steroid dienone is 1. The summed E-state index contributed by atoms with van der Waals surface area (Å²) in [4.78, 5) is 42.6. The van der Waals surface area contributed by atoms with Gasteiger partial charge in [0.2, 0.25) is 0 Å². The van der Waals surface area contributed by atoms with Crippen LogP contribution in [0.15, 0.2) is 23.8 Å². The van der Waals surface area contributed by atoms with Gasteiger partial charge in [-0.25, -0.2) is 19.4 Å². The first-order chi connectivity index (χ1) is 10.3. The zero-order valence-corrected chi connectivity index (χ0v) is 12.8. The third-order valence-corrected chi connectivity index (χ3v) is 4.35. The molecule has 0 amide bonds. The molecule has 0 aromatic rings. The molecule has 22 heavy (non-hydrogen) atoms. The van der Waals surface area contributed by atoms with E-state index in [4.69, 9.17) is 0 Å². The molecule has 2 saturated carbocycles. The fourth-order valence-corrected chi connectivity index (χ4v) is 3.27. The Morgan fingerprint density at radius 3 is 2.23 bits per heavy atom. The molecule has 2 bridgehead atoms.